The Morgan fingerprint density at radius 1 is 1.22 bits per heavy atom. The summed E-state index contributed by atoms with van der Waals surface area (Å²) in [5, 5.41) is 3.94. The van der Waals surface area contributed by atoms with Gasteiger partial charge in [-0.3, -0.25) is 4.79 Å². The van der Waals surface area contributed by atoms with E-state index in [9.17, 15) is 4.79 Å². The normalized spacial score (nSPS) is 14.6. The third kappa shape index (κ3) is 3.81. The second-order valence-corrected chi connectivity index (χ2v) is 5.83. The number of hydrogen-bond donors (Lipinski definition) is 1. The van der Waals surface area contributed by atoms with E-state index in [-0.39, 0.29) is 5.91 Å². The summed E-state index contributed by atoms with van der Waals surface area (Å²) < 4.78 is 5.25. The molecule has 2 aromatic rings. The third-order valence-electron chi connectivity index (χ3n) is 3.74. The molecule has 1 saturated heterocycles. The quantitative estimate of drug-likeness (QED) is 0.938. The zero-order chi connectivity index (χ0) is 16.2. The Balaban J connectivity index is 1.68. The molecule has 1 fully saturated rings. The summed E-state index contributed by atoms with van der Waals surface area (Å²) in [4.78, 5) is 18.3. The van der Waals surface area contributed by atoms with Crippen LogP contribution in [-0.4, -0.2) is 42.1 Å². The molecule has 3 rings (SSSR count). The van der Waals surface area contributed by atoms with Crippen molar-refractivity contribution in [1.29, 1.82) is 0 Å². The number of rotatable bonds is 3. The highest BCUT2D eigenvalue weighted by molar-refractivity contribution is 6.31. The van der Waals surface area contributed by atoms with Crippen molar-refractivity contribution >= 4 is 28.9 Å². The summed E-state index contributed by atoms with van der Waals surface area (Å²) in [7, 11) is 0. The van der Waals surface area contributed by atoms with E-state index in [0.29, 0.717) is 37.0 Å². The molecule has 0 unspecified atom stereocenters. The summed E-state index contributed by atoms with van der Waals surface area (Å²) >= 11 is 6.12. The topological polar surface area (TPSA) is 54.5 Å². The van der Waals surface area contributed by atoms with Crippen LogP contribution in [0, 0.1) is 6.92 Å². The molecule has 1 N–H and O–H groups in total. The number of ether oxygens (including phenoxy) is 1. The van der Waals surface area contributed by atoms with Crippen molar-refractivity contribution < 1.29 is 9.53 Å². The Morgan fingerprint density at radius 2 is 1.96 bits per heavy atom. The Labute approximate surface area is 140 Å². The van der Waals surface area contributed by atoms with Gasteiger partial charge in [-0.25, -0.2) is 4.98 Å². The van der Waals surface area contributed by atoms with Gasteiger partial charge < -0.3 is 15.0 Å². The minimum atomic E-state index is -0.0572. The number of nitrogens with one attached hydrogen (secondary N) is 1. The summed E-state index contributed by atoms with van der Waals surface area (Å²) in [6, 6.07) is 9.34. The molecular weight excluding hydrogens is 314 g/mol. The maximum Gasteiger partial charge on any atom is 0.272 e. The predicted octanol–water partition coefficient (Wildman–Crippen LogP) is 3.26. The smallest absolute Gasteiger partial charge is 0.272 e. The molecule has 0 radical (unpaired) electrons. The number of anilines is 2. The second-order valence-electron chi connectivity index (χ2n) is 5.43. The molecule has 0 spiro atoms. The molecule has 0 atom stereocenters. The number of halogens is 1. The Hall–Kier alpha value is -2.11. The van der Waals surface area contributed by atoms with Gasteiger partial charge in [-0.05, 0) is 36.8 Å². The molecule has 1 aliphatic rings. The van der Waals surface area contributed by atoms with Crippen LogP contribution in [0.5, 0.6) is 0 Å². The molecule has 1 aliphatic heterocycles. The van der Waals surface area contributed by atoms with Gasteiger partial charge in [0.2, 0.25) is 0 Å². The second kappa shape index (κ2) is 6.98. The highest BCUT2D eigenvalue weighted by atomic mass is 35.5. The van der Waals surface area contributed by atoms with Gasteiger partial charge in [-0.1, -0.05) is 17.7 Å². The summed E-state index contributed by atoms with van der Waals surface area (Å²) in [5.74, 6) is -0.0572. The number of pyridine rings is 1. The van der Waals surface area contributed by atoms with Crippen molar-refractivity contribution in [2.24, 2.45) is 0 Å². The lowest BCUT2D eigenvalue weighted by Gasteiger charge is -2.26. The van der Waals surface area contributed by atoms with Gasteiger partial charge in [0.15, 0.2) is 0 Å². The van der Waals surface area contributed by atoms with E-state index in [1.807, 2.05) is 31.2 Å². The van der Waals surface area contributed by atoms with Crippen LogP contribution in [-0.2, 0) is 4.74 Å². The Morgan fingerprint density at radius 3 is 2.61 bits per heavy atom. The molecule has 6 heteroatoms. The number of nitrogens with zero attached hydrogens (tertiary/aromatic N) is 2. The first-order valence-corrected chi connectivity index (χ1v) is 7.87. The molecule has 2 heterocycles. The van der Waals surface area contributed by atoms with Crippen molar-refractivity contribution in [3.8, 4) is 0 Å². The number of benzene rings is 1. The molecule has 1 aromatic carbocycles. The Kier molecular flexibility index (Phi) is 4.79. The lowest BCUT2D eigenvalue weighted by molar-refractivity contribution is 0.0299. The van der Waals surface area contributed by atoms with Crippen molar-refractivity contribution in [2.45, 2.75) is 6.92 Å². The first kappa shape index (κ1) is 15.8. The van der Waals surface area contributed by atoms with Crippen LogP contribution in [0.15, 0.2) is 36.5 Å². The van der Waals surface area contributed by atoms with E-state index in [1.165, 1.54) is 0 Å². The van der Waals surface area contributed by atoms with Gasteiger partial charge in [0, 0.05) is 23.8 Å². The van der Waals surface area contributed by atoms with Crippen LogP contribution in [0.4, 0.5) is 11.4 Å². The lowest BCUT2D eigenvalue weighted by Crippen LogP contribution is -2.41. The minimum Gasteiger partial charge on any atom is -0.378 e. The third-order valence-corrected chi connectivity index (χ3v) is 4.15. The fraction of sp³-hybridized carbons (Fsp3) is 0.294. The fourth-order valence-electron chi connectivity index (χ4n) is 2.36. The van der Waals surface area contributed by atoms with Crippen LogP contribution >= 0.6 is 11.6 Å². The number of hydrogen-bond acceptors (Lipinski definition) is 4. The van der Waals surface area contributed by atoms with Crippen molar-refractivity contribution in [3.63, 3.8) is 0 Å². The monoisotopic (exact) mass is 331 g/mol. The molecule has 1 aromatic heterocycles. The number of aryl methyl sites for hydroxylation is 1. The summed E-state index contributed by atoms with van der Waals surface area (Å²) in [6.07, 6.45) is 1.65. The average Bonchev–Trinajstić information content (AvgIpc) is 2.59. The van der Waals surface area contributed by atoms with Crippen LogP contribution in [0.25, 0.3) is 0 Å². The molecular formula is C17H18ClN3O2. The lowest BCUT2D eigenvalue weighted by atomic mass is 10.2. The molecule has 5 nitrogen and oxygen atoms in total. The predicted molar refractivity (Wildman–Crippen MR) is 90.4 cm³/mol. The standard InChI is InChI=1S/C17H18ClN3O2/c1-12-2-3-13(10-15(12)18)20-14-4-5-16(19-11-14)17(22)21-6-8-23-9-7-21/h2-5,10-11,20H,6-9H2,1H3. The minimum absolute atomic E-state index is 0.0572. The highest BCUT2D eigenvalue weighted by Crippen LogP contribution is 2.23. The zero-order valence-corrected chi connectivity index (χ0v) is 13.6. The summed E-state index contributed by atoms with van der Waals surface area (Å²) in [5.41, 5.74) is 3.17. The van der Waals surface area contributed by atoms with E-state index >= 15 is 0 Å². The fourth-order valence-corrected chi connectivity index (χ4v) is 2.54. The van der Waals surface area contributed by atoms with Gasteiger partial charge in [0.25, 0.3) is 5.91 Å². The van der Waals surface area contributed by atoms with Crippen LogP contribution in [0.1, 0.15) is 16.1 Å². The Bertz CT molecular complexity index is 697. The van der Waals surface area contributed by atoms with Crippen molar-refractivity contribution in [1.82, 2.24) is 9.88 Å². The molecule has 0 saturated carbocycles. The zero-order valence-electron chi connectivity index (χ0n) is 12.9. The van der Waals surface area contributed by atoms with Crippen LogP contribution in [0.2, 0.25) is 5.02 Å². The van der Waals surface area contributed by atoms with Crippen LogP contribution < -0.4 is 5.32 Å². The van der Waals surface area contributed by atoms with E-state index in [1.54, 1.807) is 17.2 Å². The first-order valence-electron chi connectivity index (χ1n) is 7.50. The molecule has 0 aliphatic carbocycles. The maximum atomic E-state index is 12.3. The largest absolute Gasteiger partial charge is 0.378 e. The van der Waals surface area contributed by atoms with Gasteiger partial charge in [0.05, 0.1) is 25.1 Å². The molecule has 1 amide bonds. The summed E-state index contributed by atoms with van der Waals surface area (Å²) in [6.45, 7) is 4.35. The van der Waals surface area contributed by atoms with Crippen LogP contribution in [0.3, 0.4) is 0 Å². The number of carbonyl (C=O) groups excluding carboxylic acids is 1. The first-order chi connectivity index (χ1) is 11.1. The molecule has 0 bridgehead atoms. The number of morpholine rings is 1. The number of amides is 1. The maximum absolute atomic E-state index is 12.3. The van der Waals surface area contributed by atoms with Gasteiger partial charge in [-0.15, -0.1) is 0 Å². The van der Waals surface area contributed by atoms with Crippen molar-refractivity contribution in [3.05, 3.63) is 52.8 Å². The number of carbonyl (C=O) groups is 1. The number of aromatic nitrogens is 1. The highest BCUT2D eigenvalue weighted by Gasteiger charge is 2.19. The van der Waals surface area contributed by atoms with Gasteiger partial charge in [-0.2, -0.15) is 0 Å². The van der Waals surface area contributed by atoms with Gasteiger partial charge >= 0.3 is 0 Å². The van der Waals surface area contributed by atoms with E-state index in [0.717, 1.165) is 16.9 Å². The molecule has 23 heavy (non-hydrogen) atoms. The van der Waals surface area contributed by atoms with E-state index in [4.69, 9.17) is 16.3 Å². The SMILES string of the molecule is Cc1ccc(Nc2ccc(C(=O)N3CCOCC3)nc2)cc1Cl. The van der Waals surface area contributed by atoms with E-state index < -0.39 is 0 Å². The average molecular weight is 332 g/mol. The molecule has 120 valence electrons. The van der Waals surface area contributed by atoms with Crippen molar-refractivity contribution in [2.75, 3.05) is 31.6 Å². The van der Waals surface area contributed by atoms with Gasteiger partial charge in [0.1, 0.15) is 5.69 Å². The van der Waals surface area contributed by atoms with E-state index in [2.05, 4.69) is 10.3 Å².